The van der Waals surface area contributed by atoms with Crippen LogP contribution in [0.2, 0.25) is 0 Å². The summed E-state index contributed by atoms with van der Waals surface area (Å²) in [7, 11) is 0. The predicted molar refractivity (Wildman–Crippen MR) is 114 cm³/mol. The van der Waals surface area contributed by atoms with Crippen molar-refractivity contribution in [2.24, 2.45) is 0 Å². The van der Waals surface area contributed by atoms with E-state index >= 15 is 0 Å². The van der Waals surface area contributed by atoms with Gasteiger partial charge in [-0.1, -0.05) is 25.1 Å². The molecule has 0 radical (unpaired) electrons. The summed E-state index contributed by atoms with van der Waals surface area (Å²) in [5.74, 6) is -1.08. The van der Waals surface area contributed by atoms with Gasteiger partial charge in [-0.15, -0.1) is 11.3 Å². The number of carbonyl (C=O) groups is 2. The third kappa shape index (κ3) is 7.72. The molecule has 176 valence electrons. The second kappa shape index (κ2) is 11.7. The molecule has 2 aromatic rings. The second-order valence-electron chi connectivity index (χ2n) is 6.93. The summed E-state index contributed by atoms with van der Waals surface area (Å²) in [5, 5.41) is 12.1. The van der Waals surface area contributed by atoms with E-state index in [2.05, 4.69) is 17.1 Å². The van der Waals surface area contributed by atoms with E-state index < -0.39 is 12.1 Å². The van der Waals surface area contributed by atoms with Gasteiger partial charge in [0.25, 0.3) is 0 Å². The zero-order valence-corrected chi connectivity index (χ0v) is 18.5. The molecule has 0 bridgehead atoms. The number of halogens is 3. The minimum atomic E-state index is -5.08. The number of hydrogen-bond acceptors (Lipinski definition) is 6. The number of hydrogen-bond donors (Lipinski definition) is 2. The fraction of sp³-hybridized carbons (Fsp3) is 0.429. The molecule has 32 heavy (non-hydrogen) atoms. The maximum absolute atomic E-state index is 12.5. The quantitative estimate of drug-likeness (QED) is 0.622. The fourth-order valence-electron chi connectivity index (χ4n) is 2.86. The number of nitrogens with zero attached hydrogens (tertiary/aromatic N) is 1. The molecule has 1 aliphatic heterocycles. The SMILES string of the molecule is CCCN(CC(=O)Nc1ccccc1C)Cc1scc2c1OCCO2.O=C(O)C(F)(F)F. The summed E-state index contributed by atoms with van der Waals surface area (Å²) in [6.45, 7) is 7.20. The van der Waals surface area contributed by atoms with Crippen LogP contribution >= 0.6 is 11.3 Å². The number of thiophene rings is 1. The zero-order valence-electron chi connectivity index (χ0n) is 17.7. The van der Waals surface area contributed by atoms with Gasteiger partial charge in [0, 0.05) is 17.6 Å². The highest BCUT2D eigenvalue weighted by atomic mass is 32.1. The predicted octanol–water partition coefficient (Wildman–Crippen LogP) is 4.31. The van der Waals surface area contributed by atoms with E-state index in [1.54, 1.807) is 11.3 Å². The Morgan fingerprint density at radius 2 is 1.88 bits per heavy atom. The van der Waals surface area contributed by atoms with E-state index in [0.29, 0.717) is 26.3 Å². The lowest BCUT2D eigenvalue weighted by Crippen LogP contribution is -2.33. The lowest BCUT2D eigenvalue weighted by atomic mass is 10.2. The molecule has 7 nitrogen and oxygen atoms in total. The fourth-order valence-corrected chi connectivity index (χ4v) is 3.81. The summed E-state index contributed by atoms with van der Waals surface area (Å²) in [5.41, 5.74) is 1.94. The van der Waals surface area contributed by atoms with Crippen molar-refractivity contribution >= 4 is 28.9 Å². The van der Waals surface area contributed by atoms with Gasteiger partial charge in [0.1, 0.15) is 13.2 Å². The van der Waals surface area contributed by atoms with Crippen LogP contribution in [0.25, 0.3) is 0 Å². The number of alkyl halides is 3. The van der Waals surface area contributed by atoms with Gasteiger partial charge in [0.15, 0.2) is 11.5 Å². The highest BCUT2D eigenvalue weighted by molar-refractivity contribution is 7.10. The highest BCUT2D eigenvalue weighted by Gasteiger charge is 2.38. The van der Waals surface area contributed by atoms with Crippen molar-refractivity contribution in [2.75, 3.05) is 31.6 Å². The molecule has 1 aromatic carbocycles. The molecule has 11 heteroatoms. The number of nitrogens with one attached hydrogen (secondary N) is 1. The van der Waals surface area contributed by atoms with E-state index in [9.17, 15) is 18.0 Å². The van der Waals surface area contributed by atoms with E-state index in [0.717, 1.165) is 40.6 Å². The van der Waals surface area contributed by atoms with Gasteiger partial charge < -0.3 is 19.9 Å². The number of carboxylic acid groups (broad SMARTS) is 1. The lowest BCUT2D eigenvalue weighted by Gasteiger charge is -2.22. The number of para-hydroxylation sites is 1. The van der Waals surface area contributed by atoms with Crippen molar-refractivity contribution in [3.05, 3.63) is 40.1 Å². The van der Waals surface area contributed by atoms with Gasteiger partial charge >= 0.3 is 12.1 Å². The molecule has 1 amide bonds. The maximum Gasteiger partial charge on any atom is 0.490 e. The normalized spacial score (nSPS) is 12.7. The smallest absolute Gasteiger partial charge is 0.485 e. The number of carbonyl (C=O) groups excluding carboxylic acids is 1. The van der Waals surface area contributed by atoms with E-state index in [1.165, 1.54) is 0 Å². The lowest BCUT2D eigenvalue weighted by molar-refractivity contribution is -0.192. The Morgan fingerprint density at radius 3 is 2.50 bits per heavy atom. The van der Waals surface area contributed by atoms with Crippen molar-refractivity contribution in [3.8, 4) is 11.5 Å². The summed E-state index contributed by atoms with van der Waals surface area (Å²) in [6, 6.07) is 7.82. The largest absolute Gasteiger partial charge is 0.490 e. The first-order valence-electron chi connectivity index (χ1n) is 9.85. The number of anilines is 1. The van der Waals surface area contributed by atoms with E-state index in [4.69, 9.17) is 19.4 Å². The molecule has 0 saturated heterocycles. The molecular weight excluding hydrogens is 449 g/mol. The second-order valence-corrected chi connectivity index (χ2v) is 7.89. The average molecular weight is 475 g/mol. The summed E-state index contributed by atoms with van der Waals surface area (Å²) >= 11 is 1.63. The number of carboxylic acids is 1. The Morgan fingerprint density at radius 1 is 1.22 bits per heavy atom. The van der Waals surface area contributed by atoms with Crippen molar-refractivity contribution in [2.45, 2.75) is 33.0 Å². The first-order valence-corrected chi connectivity index (χ1v) is 10.7. The molecule has 2 heterocycles. The molecule has 0 fully saturated rings. The Bertz CT molecular complexity index is 917. The molecule has 0 saturated carbocycles. The van der Waals surface area contributed by atoms with Crippen LogP contribution in [-0.2, 0) is 16.1 Å². The van der Waals surface area contributed by atoms with Gasteiger partial charge in [0.2, 0.25) is 5.91 Å². The number of aryl methyl sites for hydroxylation is 1. The molecule has 1 aromatic heterocycles. The van der Waals surface area contributed by atoms with Crippen molar-refractivity contribution < 1.29 is 37.3 Å². The van der Waals surface area contributed by atoms with Crippen LogP contribution < -0.4 is 14.8 Å². The number of fused-ring (bicyclic) bond motifs is 1. The first-order chi connectivity index (χ1) is 15.1. The average Bonchev–Trinajstić information content (AvgIpc) is 3.12. The number of rotatable bonds is 7. The van der Waals surface area contributed by atoms with Crippen molar-refractivity contribution in [1.29, 1.82) is 0 Å². The van der Waals surface area contributed by atoms with Crippen molar-refractivity contribution in [1.82, 2.24) is 4.90 Å². The zero-order chi connectivity index (χ0) is 23.7. The van der Waals surface area contributed by atoms with E-state index in [-0.39, 0.29) is 5.91 Å². The van der Waals surface area contributed by atoms with Gasteiger partial charge in [-0.25, -0.2) is 4.79 Å². The molecule has 0 spiro atoms. The Balaban J connectivity index is 0.000000451. The molecule has 0 atom stereocenters. The number of benzene rings is 1. The van der Waals surface area contributed by atoms with Crippen LogP contribution in [0.4, 0.5) is 18.9 Å². The molecule has 2 N–H and O–H groups in total. The number of aliphatic carboxylic acids is 1. The molecule has 3 rings (SSSR count). The Labute approximate surface area is 187 Å². The molecular formula is C21H25F3N2O5S. The van der Waals surface area contributed by atoms with Crippen LogP contribution in [0.15, 0.2) is 29.6 Å². The van der Waals surface area contributed by atoms with Crippen LogP contribution in [0, 0.1) is 6.92 Å². The van der Waals surface area contributed by atoms with Crippen LogP contribution in [-0.4, -0.2) is 54.4 Å². The number of ether oxygens (including phenoxy) is 2. The highest BCUT2D eigenvalue weighted by Crippen LogP contribution is 2.39. The van der Waals surface area contributed by atoms with Gasteiger partial charge in [0.05, 0.1) is 11.4 Å². The Kier molecular flexibility index (Phi) is 9.33. The monoisotopic (exact) mass is 474 g/mol. The third-order valence-corrected chi connectivity index (χ3v) is 5.24. The standard InChI is InChI=1S/C19H24N2O3S.C2HF3O2/c1-3-8-21(11-17-19-16(13-25-17)23-9-10-24-19)12-18(22)20-15-7-5-4-6-14(15)2;3-2(4,5)1(6)7/h4-7,13H,3,8-12H2,1-2H3,(H,20,22);(H,6,7). The maximum atomic E-state index is 12.5. The third-order valence-electron chi connectivity index (χ3n) is 4.31. The van der Waals surface area contributed by atoms with Crippen LogP contribution in [0.3, 0.4) is 0 Å². The summed E-state index contributed by atoms with van der Waals surface area (Å²) in [6.07, 6.45) is -4.09. The minimum Gasteiger partial charge on any atom is -0.485 e. The Hall–Kier alpha value is -2.79. The van der Waals surface area contributed by atoms with E-state index in [1.807, 2.05) is 36.6 Å². The van der Waals surface area contributed by atoms with Crippen LogP contribution in [0.5, 0.6) is 11.5 Å². The molecule has 0 unspecified atom stereocenters. The minimum absolute atomic E-state index is 0.00495. The first kappa shape index (κ1) is 25.5. The topological polar surface area (TPSA) is 88.1 Å². The summed E-state index contributed by atoms with van der Waals surface area (Å²) in [4.78, 5) is 24.6. The van der Waals surface area contributed by atoms with Crippen LogP contribution in [0.1, 0.15) is 23.8 Å². The number of amides is 1. The van der Waals surface area contributed by atoms with Gasteiger partial charge in [-0.3, -0.25) is 9.69 Å². The van der Waals surface area contributed by atoms with Gasteiger partial charge in [-0.2, -0.15) is 13.2 Å². The summed E-state index contributed by atoms with van der Waals surface area (Å²) < 4.78 is 43.1. The molecule has 1 aliphatic rings. The van der Waals surface area contributed by atoms with Gasteiger partial charge in [-0.05, 0) is 31.5 Å². The molecule has 0 aliphatic carbocycles. The van der Waals surface area contributed by atoms with Crippen molar-refractivity contribution in [3.63, 3.8) is 0 Å².